The van der Waals surface area contributed by atoms with Crippen molar-refractivity contribution >= 4 is 17.8 Å². The Kier molecular flexibility index (Phi) is 8.71. The standard InChI is InChI=1S/C19H34N4O3/c1-3-26-18(25)16-9-13-23(14-10-16)19(20-2)22-12-11-21-17(24)15-7-5-4-6-8-15/h15-16H,3-14H2,1-2H3,(H,20,22)(H,21,24). The molecule has 0 atom stereocenters. The molecule has 26 heavy (non-hydrogen) atoms. The Labute approximate surface area is 156 Å². The van der Waals surface area contributed by atoms with Crippen LogP contribution in [0.2, 0.25) is 0 Å². The van der Waals surface area contributed by atoms with E-state index in [1.807, 2.05) is 6.92 Å². The van der Waals surface area contributed by atoms with Crippen LogP contribution in [0.4, 0.5) is 0 Å². The summed E-state index contributed by atoms with van der Waals surface area (Å²) in [6.07, 6.45) is 7.23. The molecule has 1 saturated carbocycles. The number of guanidine groups is 1. The molecule has 1 aliphatic heterocycles. The van der Waals surface area contributed by atoms with Crippen molar-refractivity contribution < 1.29 is 14.3 Å². The lowest BCUT2D eigenvalue weighted by atomic mass is 9.89. The third-order valence-corrected chi connectivity index (χ3v) is 5.31. The molecule has 7 nitrogen and oxygen atoms in total. The third-order valence-electron chi connectivity index (χ3n) is 5.31. The SMILES string of the molecule is CCOC(=O)C1CCN(C(=NC)NCCNC(=O)C2CCCCC2)CC1. The highest BCUT2D eigenvalue weighted by atomic mass is 16.5. The number of aliphatic imine (C=N–C) groups is 1. The van der Waals surface area contributed by atoms with Crippen molar-refractivity contribution in [3.05, 3.63) is 0 Å². The molecular weight excluding hydrogens is 332 g/mol. The number of likely N-dealkylation sites (tertiary alicyclic amines) is 1. The first-order valence-corrected chi connectivity index (χ1v) is 10.1. The molecule has 7 heteroatoms. The molecule has 1 saturated heterocycles. The molecule has 2 N–H and O–H groups in total. The van der Waals surface area contributed by atoms with Gasteiger partial charge < -0.3 is 20.3 Å². The Morgan fingerprint density at radius 3 is 2.27 bits per heavy atom. The van der Waals surface area contributed by atoms with E-state index in [-0.39, 0.29) is 23.7 Å². The molecule has 2 fully saturated rings. The molecule has 1 amide bonds. The Morgan fingerprint density at radius 1 is 1.00 bits per heavy atom. The number of rotatable bonds is 6. The molecule has 0 aromatic heterocycles. The highest BCUT2D eigenvalue weighted by Gasteiger charge is 2.27. The second kappa shape index (κ2) is 11.0. The number of esters is 1. The predicted octanol–water partition coefficient (Wildman–Crippen LogP) is 1.53. The van der Waals surface area contributed by atoms with Gasteiger partial charge in [0.1, 0.15) is 0 Å². The summed E-state index contributed by atoms with van der Waals surface area (Å²) in [6.45, 7) is 5.12. The minimum atomic E-state index is -0.0829. The summed E-state index contributed by atoms with van der Waals surface area (Å²) in [4.78, 5) is 30.5. The average Bonchev–Trinajstić information content (AvgIpc) is 2.69. The smallest absolute Gasteiger partial charge is 0.309 e. The molecule has 0 bridgehead atoms. The fourth-order valence-corrected chi connectivity index (χ4v) is 3.79. The molecule has 0 unspecified atom stereocenters. The number of ether oxygens (including phenoxy) is 1. The van der Waals surface area contributed by atoms with Crippen molar-refractivity contribution in [1.29, 1.82) is 0 Å². The van der Waals surface area contributed by atoms with Crippen LogP contribution < -0.4 is 10.6 Å². The summed E-state index contributed by atoms with van der Waals surface area (Å²) >= 11 is 0. The van der Waals surface area contributed by atoms with Gasteiger partial charge >= 0.3 is 5.97 Å². The van der Waals surface area contributed by atoms with Crippen molar-refractivity contribution in [2.75, 3.05) is 39.8 Å². The van der Waals surface area contributed by atoms with Crippen LogP contribution in [-0.4, -0.2) is 62.6 Å². The predicted molar refractivity (Wildman–Crippen MR) is 102 cm³/mol. The number of amides is 1. The lowest BCUT2D eigenvalue weighted by Gasteiger charge is -2.33. The fraction of sp³-hybridized carbons (Fsp3) is 0.842. The summed E-state index contributed by atoms with van der Waals surface area (Å²) in [5.74, 6) is 1.14. The van der Waals surface area contributed by atoms with Crippen LogP contribution in [-0.2, 0) is 14.3 Å². The zero-order chi connectivity index (χ0) is 18.8. The quantitative estimate of drug-likeness (QED) is 0.322. The molecular formula is C19H34N4O3. The highest BCUT2D eigenvalue weighted by molar-refractivity contribution is 5.81. The van der Waals surface area contributed by atoms with Crippen LogP contribution in [0.3, 0.4) is 0 Å². The second-order valence-electron chi connectivity index (χ2n) is 7.11. The first-order chi connectivity index (χ1) is 12.7. The summed E-state index contributed by atoms with van der Waals surface area (Å²) in [7, 11) is 1.76. The fourth-order valence-electron chi connectivity index (χ4n) is 3.79. The van der Waals surface area contributed by atoms with E-state index in [9.17, 15) is 9.59 Å². The van der Waals surface area contributed by atoms with Crippen LogP contribution in [0.1, 0.15) is 51.9 Å². The molecule has 2 aliphatic rings. The third kappa shape index (κ3) is 6.18. The van der Waals surface area contributed by atoms with E-state index >= 15 is 0 Å². The van der Waals surface area contributed by atoms with E-state index in [1.165, 1.54) is 19.3 Å². The monoisotopic (exact) mass is 366 g/mol. The van der Waals surface area contributed by atoms with Crippen LogP contribution in [0.5, 0.6) is 0 Å². The Balaban J connectivity index is 1.65. The van der Waals surface area contributed by atoms with Gasteiger partial charge in [0.2, 0.25) is 5.91 Å². The Morgan fingerprint density at radius 2 is 1.65 bits per heavy atom. The van der Waals surface area contributed by atoms with Gasteiger partial charge in [-0.25, -0.2) is 0 Å². The maximum atomic E-state index is 12.1. The number of nitrogens with zero attached hydrogens (tertiary/aromatic N) is 2. The molecule has 1 aliphatic carbocycles. The van der Waals surface area contributed by atoms with Gasteiger partial charge in [-0.2, -0.15) is 0 Å². The second-order valence-corrected chi connectivity index (χ2v) is 7.11. The summed E-state index contributed by atoms with van der Waals surface area (Å²) in [5, 5.41) is 6.35. The van der Waals surface area contributed by atoms with Gasteiger partial charge in [-0.1, -0.05) is 19.3 Å². The van der Waals surface area contributed by atoms with Gasteiger partial charge in [0.05, 0.1) is 12.5 Å². The average molecular weight is 367 g/mol. The number of piperidine rings is 1. The van der Waals surface area contributed by atoms with Crippen molar-refractivity contribution in [3.8, 4) is 0 Å². The number of carbonyl (C=O) groups excluding carboxylic acids is 2. The van der Waals surface area contributed by atoms with E-state index in [0.29, 0.717) is 19.7 Å². The molecule has 2 rings (SSSR count). The largest absolute Gasteiger partial charge is 0.466 e. The number of hydrogen-bond donors (Lipinski definition) is 2. The minimum absolute atomic E-state index is 0.000845. The zero-order valence-corrected chi connectivity index (χ0v) is 16.3. The van der Waals surface area contributed by atoms with Crippen molar-refractivity contribution in [2.24, 2.45) is 16.8 Å². The van der Waals surface area contributed by atoms with Crippen molar-refractivity contribution in [1.82, 2.24) is 15.5 Å². The molecule has 0 spiro atoms. The zero-order valence-electron chi connectivity index (χ0n) is 16.3. The van der Waals surface area contributed by atoms with Crippen LogP contribution in [0.15, 0.2) is 4.99 Å². The molecule has 148 valence electrons. The first-order valence-electron chi connectivity index (χ1n) is 10.1. The van der Waals surface area contributed by atoms with Gasteiger partial charge in [0.25, 0.3) is 0 Å². The Hall–Kier alpha value is -1.79. The number of hydrogen-bond acceptors (Lipinski definition) is 4. The van der Waals surface area contributed by atoms with Gasteiger partial charge in [-0.3, -0.25) is 14.6 Å². The topological polar surface area (TPSA) is 83.0 Å². The van der Waals surface area contributed by atoms with Gasteiger partial charge in [-0.05, 0) is 32.6 Å². The van der Waals surface area contributed by atoms with Crippen molar-refractivity contribution in [3.63, 3.8) is 0 Å². The molecule has 0 radical (unpaired) electrons. The van der Waals surface area contributed by atoms with Crippen LogP contribution >= 0.6 is 0 Å². The lowest BCUT2D eigenvalue weighted by Crippen LogP contribution is -2.48. The maximum absolute atomic E-state index is 12.1. The lowest BCUT2D eigenvalue weighted by molar-refractivity contribution is -0.149. The Bertz CT molecular complexity index is 481. The number of nitrogens with one attached hydrogen (secondary N) is 2. The van der Waals surface area contributed by atoms with Gasteiger partial charge in [0, 0.05) is 39.1 Å². The first kappa shape index (κ1) is 20.5. The van der Waals surface area contributed by atoms with E-state index in [4.69, 9.17) is 4.74 Å². The maximum Gasteiger partial charge on any atom is 0.309 e. The minimum Gasteiger partial charge on any atom is -0.466 e. The van der Waals surface area contributed by atoms with Crippen molar-refractivity contribution in [2.45, 2.75) is 51.9 Å². The molecule has 0 aromatic rings. The highest BCUT2D eigenvalue weighted by Crippen LogP contribution is 2.23. The van der Waals surface area contributed by atoms with Crippen LogP contribution in [0.25, 0.3) is 0 Å². The number of carbonyl (C=O) groups is 2. The summed E-state index contributed by atoms with van der Waals surface area (Å²) in [5.41, 5.74) is 0. The van der Waals surface area contributed by atoms with E-state index in [2.05, 4.69) is 20.5 Å². The normalized spacial score (nSPS) is 19.9. The van der Waals surface area contributed by atoms with E-state index < -0.39 is 0 Å². The molecule has 1 heterocycles. The summed E-state index contributed by atoms with van der Waals surface area (Å²) < 4.78 is 5.11. The van der Waals surface area contributed by atoms with Gasteiger partial charge in [0.15, 0.2) is 5.96 Å². The summed E-state index contributed by atoms with van der Waals surface area (Å²) in [6, 6.07) is 0. The van der Waals surface area contributed by atoms with Crippen LogP contribution in [0, 0.1) is 11.8 Å². The van der Waals surface area contributed by atoms with Gasteiger partial charge in [-0.15, -0.1) is 0 Å². The van der Waals surface area contributed by atoms with E-state index in [1.54, 1.807) is 7.05 Å². The van der Waals surface area contributed by atoms with E-state index in [0.717, 1.165) is 44.7 Å². The molecule has 0 aromatic carbocycles.